The molecule has 0 unspecified atom stereocenters. The van der Waals surface area contributed by atoms with Gasteiger partial charge in [0.05, 0.1) is 18.3 Å². The Bertz CT molecular complexity index is 1010. The van der Waals surface area contributed by atoms with E-state index in [0.717, 1.165) is 17.2 Å². The van der Waals surface area contributed by atoms with Crippen molar-refractivity contribution < 1.29 is 18.7 Å². The number of halogens is 1. The minimum atomic E-state index is -0.540. The van der Waals surface area contributed by atoms with Crippen molar-refractivity contribution in [3.8, 4) is 5.75 Å². The van der Waals surface area contributed by atoms with E-state index in [1.165, 1.54) is 19.1 Å². The normalized spacial score (nSPS) is 10.5. The van der Waals surface area contributed by atoms with E-state index in [-0.39, 0.29) is 23.7 Å². The van der Waals surface area contributed by atoms with E-state index in [4.69, 9.17) is 4.74 Å². The summed E-state index contributed by atoms with van der Waals surface area (Å²) in [4.78, 5) is 23.9. The fourth-order valence-electron chi connectivity index (χ4n) is 2.77. The molecule has 3 aromatic rings. The average molecular weight is 381 g/mol. The number of carbonyl (C=O) groups is 2. The van der Waals surface area contributed by atoms with Gasteiger partial charge in [-0.1, -0.05) is 29.8 Å². The molecule has 0 saturated heterocycles. The third kappa shape index (κ3) is 4.82. The van der Waals surface area contributed by atoms with Crippen molar-refractivity contribution in [3.05, 3.63) is 77.2 Å². The van der Waals surface area contributed by atoms with Crippen molar-refractivity contribution in [2.75, 3.05) is 11.9 Å². The van der Waals surface area contributed by atoms with Crippen LogP contribution in [0.2, 0.25) is 0 Å². The van der Waals surface area contributed by atoms with Crippen LogP contribution in [0.3, 0.4) is 0 Å². The van der Waals surface area contributed by atoms with Crippen molar-refractivity contribution in [2.24, 2.45) is 0 Å². The number of aromatic nitrogens is 2. The summed E-state index contributed by atoms with van der Waals surface area (Å²) in [6, 6.07) is 13.3. The summed E-state index contributed by atoms with van der Waals surface area (Å²) in [7, 11) is 0. The number of benzene rings is 2. The Kier molecular flexibility index (Phi) is 5.84. The number of nitrogens with zero attached hydrogens (tertiary/aromatic N) is 2. The highest BCUT2D eigenvalue weighted by Crippen LogP contribution is 2.20. The molecule has 0 bridgehead atoms. The monoisotopic (exact) mass is 381 g/mol. The summed E-state index contributed by atoms with van der Waals surface area (Å²) in [6.45, 7) is 3.52. The van der Waals surface area contributed by atoms with Crippen LogP contribution >= 0.6 is 0 Å². The molecule has 0 aliphatic carbocycles. The molecule has 3 rings (SSSR count). The highest BCUT2D eigenvalue weighted by Gasteiger charge is 2.13. The van der Waals surface area contributed by atoms with Crippen LogP contribution in [0, 0.1) is 12.7 Å². The van der Waals surface area contributed by atoms with E-state index < -0.39 is 11.7 Å². The van der Waals surface area contributed by atoms with E-state index in [1.54, 1.807) is 16.9 Å². The highest BCUT2D eigenvalue weighted by atomic mass is 19.1. The average Bonchev–Trinajstić information content (AvgIpc) is 3.07. The number of anilines is 1. The number of ether oxygens (including phenoxy) is 1. The second-order valence-corrected chi connectivity index (χ2v) is 6.40. The Balaban J connectivity index is 1.64. The van der Waals surface area contributed by atoms with Gasteiger partial charge in [0.2, 0.25) is 0 Å². The molecule has 7 heteroatoms. The lowest BCUT2D eigenvalue weighted by molar-refractivity contribution is -0.118. The maximum Gasteiger partial charge on any atom is 0.263 e. The number of nitrogens with one attached hydrogen (secondary N) is 1. The first-order valence-electron chi connectivity index (χ1n) is 8.73. The molecule has 1 N–H and O–H groups in total. The van der Waals surface area contributed by atoms with Gasteiger partial charge in [0.1, 0.15) is 17.4 Å². The third-order valence-corrected chi connectivity index (χ3v) is 4.08. The van der Waals surface area contributed by atoms with E-state index >= 15 is 0 Å². The van der Waals surface area contributed by atoms with Gasteiger partial charge >= 0.3 is 0 Å². The number of ketones is 1. The summed E-state index contributed by atoms with van der Waals surface area (Å²) in [5.41, 5.74) is 2.30. The van der Waals surface area contributed by atoms with Crippen molar-refractivity contribution in [1.82, 2.24) is 9.78 Å². The first kappa shape index (κ1) is 19.3. The number of amides is 1. The maximum atomic E-state index is 13.3. The predicted octanol–water partition coefficient (Wildman–Crippen LogP) is 3.60. The molecule has 0 radical (unpaired) electrons. The van der Waals surface area contributed by atoms with Crippen LogP contribution in [0.25, 0.3) is 0 Å². The van der Waals surface area contributed by atoms with Gasteiger partial charge in [-0.2, -0.15) is 5.10 Å². The number of Topliss-reactive ketones (excluding diaryl/α,β-unsaturated/α-hetero) is 1. The van der Waals surface area contributed by atoms with Crippen LogP contribution in [0.5, 0.6) is 5.75 Å². The number of hydrogen-bond acceptors (Lipinski definition) is 4. The van der Waals surface area contributed by atoms with Crippen LogP contribution in [0.4, 0.5) is 10.2 Å². The molecule has 6 nitrogen and oxygen atoms in total. The first-order chi connectivity index (χ1) is 13.4. The zero-order chi connectivity index (χ0) is 20.1. The second-order valence-electron chi connectivity index (χ2n) is 6.40. The first-order valence-corrected chi connectivity index (χ1v) is 8.73. The zero-order valence-corrected chi connectivity index (χ0v) is 15.6. The van der Waals surface area contributed by atoms with Crippen molar-refractivity contribution >= 4 is 17.5 Å². The maximum absolute atomic E-state index is 13.3. The zero-order valence-electron chi connectivity index (χ0n) is 15.6. The quantitative estimate of drug-likeness (QED) is 0.635. The van der Waals surface area contributed by atoms with Crippen LogP contribution in [0.15, 0.2) is 54.7 Å². The Labute approximate surface area is 161 Å². The number of rotatable bonds is 7. The summed E-state index contributed by atoms with van der Waals surface area (Å²) >= 11 is 0. The van der Waals surface area contributed by atoms with Crippen molar-refractivity contribution in [3.63, 3.8) is 0 Å². The Morgan fingerprint density at radius 1 is 1.18 bits per heavy atom. The molecule has 0 aliphatic rings. The van der Waals surface area contributed by atoms with Crippen LogP contribution in [-0.2, 0) is 11.3 Å². The fourth-order valence-corrected chi connectivity index (χ4v) is 2.77. The van der Waals surface area contributed by atoms with E-state index in [9.17, 15) is 14.0 Å². The SMILES string of the molecule is CC(=O)c1cc(F)ccc1OCC(=O)Nc1ccnn1Cc1cccc(C)c1. The molecular formula is C21H20FN3O3. The van der Waals surface area contributed by atoms with Crippen LogP contribution in [-0.4, -0.2) is 28.1 Å². The summed E-state index contributed by atoms with van der Waals surface area (Å²) in [5, 5.41) is 6.97. The molecule has 0 atom stereocenters. The molecule has 28 heavy (non-hydrogen) atoms. The molecule has 0 fully saturated rings. The standard InChI is InChI=1S/C21H20FN3O3/c1-14-4-3-5-16(10-14)12-25-20(8-9-23-25)24-21(27)13-28-19-7-6-17(22)11-18(19)15(2)26/h3-11H,12-13H2,1-2H3,(H,24,27). The second kappa shape index (κ2) is 8.47. The van der Waals surface area contributed by atoms with Gasteiger partial charge in [-0.25, -0.2) is 9.07 Å². The van der Waals surface area contributed by atoms with Gasteiger partial charge in [0.25, 0.3) is 5.91 Å². The van der Waals surface area contributed by atoms with Gasteiger partial charge in [-0.3, -0.25) is 9.59 Å². The van der Waals surface area contributed by atoms with Gasteiger partial charge in [-0.05, 0) is 37.6 Å². The summed E-state index contributed by atoms with van der Waals surface area (Å²) in [5.74, 6) is -0.601. The number of aryl methyl sites for hydroxylation is 1. The van der Waals surface area contributed by atoms with Crippen LogP contribution in [0.1, 0.15) is 28.4 Å². The molecule has 0 aliphatic heterocycles. The molecule has 0 spiro atoms. The smallest absolute Gasteiger partial charge is 0.263 e. The predicted molar refractivity (Wildman–Crippen MR) is 103 cm³/mol. The fraction of sp³-hybridized carbons (Fsp3) is 0.190. The number of hydrogen-bond donors (Lipinski definition) is 1. The Hall–Kier alpha value is -3.48. The van der Waals surface area contributed by atoms with E-state index in [0.29, 0.717) is 12.4 Å². The Morgan fingerprint density at radius 3 is 2.75 bits per heavy atom. The van der Waals surface area contributed by atoms with Gasteiger partial charge < -0.3 is 10.1 Å². The lowest BCUT2D eigenvalue weighted by Gasteiger charge is -2.12. The molecule has 1 heterocycles. The Morgan fingerprint density at radius 2 is 2.00 bits per heavy atom. The number of carbonyl (C=O) groups excluding carboxylic acids is 2. The van der Waals surface area contributed by atoms with Crippen LogP contribution < -0.4 is 10.1 Å². The largest absolute Gasteiger partial charge is 0.483 e. The van der Waals surface area contributed by atoms with Gasteiger partial charge in [0, 0.05) is 6.07 Å². The van der Waals surface area contributed by atoms with E-state index in [1.807, 2.05) is 31.2 Å². The van der Waals surface area contributed by atoms with Gasteiger partial charge in [-0.15, -0.1) is 0 Å². The lowest BCUT2D eigenvalue weighted by Crippen LogP contribution is -2.22. The lowest BCUT2D eigenvalue weighted by atomic mass is 10.1. The summed E-state index contributed by atoms with van der Waals surface area (Å²) < 4.78 is 20.4. The topological polar surface area (TPSA) is 73.2 Å². The minimum absolute atomic E-state index is 0.0947. The molecule has 1 amide bonds. The van der Waals surface area contributed by atoms with Gasteiger partial charge in [0.15, 0.2) is 12.4 Å². The third-order valence-electron chi connectivity index (χ3n) is 4.08. The molecule has 2 aromatic carbocycles. The van der Waals surface area contributed by atoms with Crippen molar-refractivity contribution in [1.29, 1.82) is 0 Å². The molecule has 0 saturated carbocycles. The molecule has 1 aromatic heterocycles. The molecular weight excluding hydrogens is 361 g/mol. The molecule has 144 valence electrons. The highest BCUT2D eigenvalue weighted by molar-refractivity contribution is 5.97. The van der Waals surface area contributed by atoms with E-state index in [2.05, 4.69) is 10.4 Å². The summed E-state index contributed by atoms with van der Waals surface area (Å²) in [6.07, 6.45) is 1.60. The minimum Gasteiger partial charge on any atom is -0.483 e. The van der Waals surface area contributed by atoms with Crippen molar-refractivity contribution in [2.45, 2.75) is 20.4 Å².